The molecule has 0 radical (unpaired) electrons. The normalized spacial score (nSPS) is 48.1. The summed E-state index contributed by atoms with van der Waals surface area (Å²) in [5, 5.41) is 0. The van der Waals surface area contributed by atoms with Crippen molar-refractivity contribution in [3.05, 3.63) is 12.4 Å². The van der Waals surface area contributed by atoms with Crippen LogP contribution in [-0.4, -0.2) is 27.5 Å². The van der Waals surface area contributed by atoms with Gasteiger partial charge in [-0.1, -0.05) is 46.0 Å². The molecule has 0 saturated heterocycles. The summed E-state index contributed by atoms with van der Waals surface area (Å²) >= 11 is 0. The van der Waals surface area contributed by atoms with Crippen LogP contribution in [0.2, 0.25) is 0 Å². The van der Waals surface area contributed by atoms with E-state index >= 15 is 0 Å². The molecule has 0 spiro atoms. The molecule has 5 aliphatic rings. The van der Waals surface area contributed by atoms with Gasteiger partial charge in [-0.15, -0.1) is 0 Å². The summed E-state index contributed by atoms with van der Waals surface area (Å²) in [5.41, 5.74) is 1.00. The highest BCUT2D eigenvalue weighted by Gasteiger charge is 2.50. The Labute approximate surface area is 161 Å². The smallest absolute Gasteiger partial charge is 0.0904 e. The molecule has 0 aromatic rings. The second-order valence-electron chi connectivity index (χ2n) is 10.9. The molecule has 0 aromatic carbocycles. The molecule has 2 heteroatoms. The van der Waals surface area contributed by atoms with E-state index in [1.165, 1.54) is 90.1 Å². The van der Waals surface area contributed by atoms with Crippen molar-refractivity contribution in [3.63, 3.8) is 0 Å². The Morgan fingerprint density at radius 2 is 1.65 bits per heavy atom. The van der Waals surface area contributed by atoms with E-state index in [0.29, 0.717) is 11.1 Å². The third-order valence-electron chi connectivity index (χ3n) is 9.37. The summed E-state index contributed by atoms with van der Waals surface area (Å²) in [6.07, 6.45) is 24.1. The van der Waals surface area contributed by atoms with Crippen LogP contribution in [0, 0.1) is 23.7 Å². The lowest BCUT2D eigenvalue weighted by Crippen LogP contribution is -2.57. The van der Waals surface area contributed by atoms with Gasteiger partial charge in [0.2, 0.25) is 0 Å². The number of rotatable bonds is 3. The molecule has 4 bridgehead atoms. The SMILES string of the molecule is CCC1CCC2(N3C=CN(C45CCCC(CC(C)C4)C5)C3)CCCC1C2. The van der Waals surface area contributed by atoms with E-state index < -0.39 is 0 Å². The van der Waals surface area contributed by atoms with Crippen LogP contribution < -0.4 is 0 Å². The average molecular weight is 357 g/mol. The molecule has 5 rings (SSSR count). The Hall–Kier alpha value is -0.660. The first kappa shape index (κ1) is 17.4. The summed E-state index contributed by atoms with van der Waals surface area (Å²) in [5.74, 6) is 3.96. The van der Waals surface area contributed by atoms with E-state index in [1.807, 2.05) is 0 Å². The third-order valence-corrected chi connectivity index (χ3v) is 9.37. The van der Waals surface area contributed by atoms with Crippen LogP contribution in [0.15, 0.2) is 12.4 Å². The molecule has 2 nitrogen and oxygen atoms in total. The predicted octanol–water partition coefficient (Wildman–Crippen LogP) is 6.14. The largest absolute Gasteiger partial charge is 0.353 e. The second-order valence-corrected chi connectivity index (χ2v) is 10.9. The molecule has 4 fully saturated rings. The van der Waals surface area contributed by atoms with Gasteiger partial charge < -0.3 is 9.80 Å². The molecule has 1 aliphatic heterocycles. The van der Waals surface area contributed by atoms with Gasteiger partial charge in [-0.05, 0) is 75.0 Å². The van der Waals surface area contributed by atoms with Gasteiger partial charge in [0, 0.05) is 23.5 Å². The summed E-state index contributed by atoms with van der Waals surface area (Å²) in [6, 6.07) is 0. The zero-order valence-corrected chi connectivity index (χ0v) is 17.3. The Bertz CT molecular complexity index is 552. The Morgan fingerprint density at radius 3 is 2.50 bits per heavy atom. The predicted molar refractivity (Wildman–Crippen MR) is 108 cm³/mol. The van der Waals surface area contributed by atoms with Crippen LogP contribution in [0.3, 0.4) is 0 Å². The molecule has 4 aliphatic carbocycles. The van der Waals surface area contributed by atoms with Crippen molar-refractivity contribution in [2.24, 2.45) is 23.7 Å². The number of nitrogens with zero attached hydrogens (tertiary/aromatic N) is 2. The van der Waals surface area contributed by atoms with Crippen molar-refractivity contribution in [2.45, 2.75) is 108 Å². The quantitative estimate of drug-likeness (QED) is 0.599. The van der Waals surface area contributed by atoms with Crippen LogP contribution in [0.25, 0.3) is 0 Å². The molecule has 1 heterocycles. The summed E-state index contributed by atoms with van der Waals surface area (Å²) in [6.45, 7) is 6.13. The molecule has 6 unspecified atom stereocenters. The van der Waals surface area contributed by atoms with Gasteiger partial charge in [0.1, 0.15) is 0 Å². The summed E-state index contributed by atoms with van der Waals surface area (Å²) in [7, 11) is 0. The van der Waals surface area contributed by atoms with E-state index in [-0.39, 0.29) is 0 Å². The van der Waals surface area contributed by atoms with Gasteiger partial charge >= 0.3 is 0 Å². The lowest BCUT2D eigenvalue weighted by molar-refractivity contribution is -0.0464. The molecule has 146 valence electrons. The second kappa shape index (κ2) is 6.45. The minimum absolute atomic E-state index is 0.497. The number of fused-ring (bicyclic) bond motifs is 4. The van der Waals surface area contributed by atoms with Crippen molar-refractivity contribution < 1.29 is 0 Å². The van der Waals surface area contributed by atoms with Gasteiger partial charge in [-0.25, -0.2) is 0 Å². The first-order valence-corrected chi connectivity index (χ1v) is 11.8. The maximum atomic E-state index is 2.82. The van der Waals surface area contributed by atoms with Crippen molar-refractivity contribution in [2.75, 3.05) is 6.67 Å². The molecule has 0 amide bonds. The fraction of sp³-hybridized carbons (Fsp3) is 0.917. The van der Waals surface area contributed by atoms with Crippen LogP contribution in [-0.2, 0) is 0 Å². The molecular formula is C24H40N2. The van der Waals surface area contributed by atoms with Crippen molar-refractivity contribution >= 4 is 0 Å². The lowest BCUT2D eigenvalue weighted by atomic mass is 9.61. The van der Waals surface area contributed by atoms with Gasteiger partial charge in [-0.2, -0.15) is 0 Å². The fourth-order valence-corrected chi connectivity index (χ4v) is 8.21. The van der Waals surface area contributed by atoms with Gasteiger partial charge in [-0.3, -0.25) is 0 Å². The fourth-order valence-electron chi connectivity index (χ4n) is 8.21. The highest BCUT2D eigenvalue weighted by Crippen LogP contribution is 2.53. The Morgan fingerprint density at radius 1 is 0.885 bits per heavy atom. The molecule has 4 saturated carbocycles. The minimum Gasteiger partial charge on any atom is -0.353 e. The van der Waals surface area contributed by atoms with Gasteiger partial charge in [0.15, 0.2) is 0 Å². The van der Waals surface area contributed by atoms with Crippen LogP contribution in [0.4, 0.5) is 0 Å². The van der Waals surface area contributed by atoms with Crippen LogP contribution >= 0.6 is 0 Å². The first-order valence-electron chi connectivity index (χ1n) is 11.8. The third kappa shape index (κ3) is 2.73. The standard InChI is InChI=1S/C24H40N2/c1-3-21-8-11-23(9-5-7-22(21)17-23)25-12-13-26(18-25)24-10-4-6-20(16-24)14-19(2)15-24/h12-13,19-22H,3-11,14-18H2,1-2H3. The van der Waals surface area contributed by atoms with Crippen molar-refractivity contribution in [1.29, 1.82) is 0 Å². The number of hydrogen-bond acceptors (Lipinski definition) is 2. The van der Waals surface area contributed by atoms with Crippen LogP contribution in [0.5, 0.6) is 0 Å². The van der Waals surface area contributed by atoms with Crippen molar-refractivity contribution in [1.82, 2.24) is 9.80 Å². The minimum atomic E-state index is 0.497. The van der Waals surface area contributed by atoms with Crippen LogP contribution in [0.1, 0.15) is 97.3 Å². The molecular weight excluding hydrogens is 316 g/mol. The summed E-state index contributed by atoms with van der Waals surface area (Å²) < 4.78 is 0. The lowest BCUT2D eigenvalue weighted by Gasteiger charge is -2.56. The Balaban J connectivity index is 1.32. The first-order chi connectivity index (χ1) is 12.6. The van der Waals surface area contributed by atoms with E-state index in [1.54, 1.807) is 0 Å². The maximum Gasteiger partial charge on any atom is 0.0904 e. The van der Waals surface area contributed by atoms with Gasteiger partial charge in [0.05, 0.1) is 6.67 Å². The monoisotopic (exact) mass is 356 g/mol. The molecule has 6 atom stereocenters. The van der Waals surface area contributed by atoms with Crippen molar-refractivity contribution in [3.8, 4) is 0 Å². The zero-order valence-electron chi connectivity index (χ0n) is 17.3. The van der Waals surface area contributed by atoms with E-state index in [0.717, 1.165) is 23.7 Å². The Kier molecular flexibility index (Phi) is 4.33. The molecule has 0 aromatic heterocycles. The molecule has 0 N–H and O–H groups in total. The van der Waals surface area contributed by atoms with E-state index in [4.69, 9.17) is 0 Å². The topological polar surface area (TPSA) is 6.48 Å². The average Bonchev–Trinajstić information content (AvgIpc) is 3.13. The van der Waals surface area contributed by atoms with Gasteiger partial charge in [0.25, 0.3) is 0 Å². The zero-order chi connectivity index (χ0) is 17.8. The highest BCUT2D eigenvalue weighted by molar-refractivity contribution is 5.12. The maximum absolute atomic E-state index is 2.82. The molecule has 26 heavy (non-hydrogen) atoms. The summed E-state index contributed by atoms with van der Waals surface area (Å²) in [4.78, 5) is 5.64. The number of hydrogen-bond donors (Lipinski definition) is 0. The van der Waals surface area contributed by atoms with E-state index in [2.05, 4.69) is 36.0 Å². The van der Waals surface area contributed by atoms with E-state index in [9.17, 15) is 0 Å². The highest BCUT2D eigenvalue weighted by atomic mass is 15.4.